The number of hydrogen-bond acceptors (Lipinski definition) is 6. The molecule has 2 aromatic carbocycles. The molecule has 0 aromatic heterocycles. The molecule has 3 amide bonds. The van der Waals surface area contributed by atoms with E-state index in [0.29, 0.717) is 23.7 Å². The molecule has 3 rings (SSSR count). The minimum absolute atomic E-state index is 0.0718. The Hall–Kier alpha value is -4.15. The molecule has 1 aliphatic rings. The number of benzene rings is 2. The Morgan fingerprint density at radius 2 is 1.51 bits per heavy atom. The van der Waals surface area contributed by atoms with Gasteiger partial charge in [0.05, 0.1) is 12.6 Å². The second kappa shape index (κ2) is 15.3. The Morgan fingerprint density at radius 1 is 0.923 bits per heavy atom. The normalized spacial score (nSPS) is 14.4. The lowest BCUT2D eigenvalue weighted by Crippen LogP contribution is -2.51. The maximum absolute atomic E-state index is 12.3. The third kappa shape index (κ3) is 9.91. The van der Waals surface area contributed by atoms with E-state index >= 15 is 0 Å². The third-order valence-corrected chi connectivity index (χ3v) is 6.40. The standard InChI is InChI=1S/C30H34N4O5/c1-21(35)28(30(38)34-39)33-29(37)25-15-11-22(12-16-25)7-5-6-8-23-13-17-26(18-14-23)32-27(36)20-31-19-24-9-3-2-4-10-24/h11-18,21,24,28,31,35,39H,2-4,9-10,19-20H2,1H3,(H,32,36)(H,33,37)(H,34,38)/t21-,28+/m1/s1. The molecule has 0 bridgehead atoms. The Bertz CT molecular complexity index is 1240. The minimum atomic E-state index is -1.30. The summed E-state index contributed by atoms with van der Waals surface area (Å²) in [5.41, 5.74) is 3.77. The summed E-state index contributed by atoms with van der Waals surface area (Å²) in [6.07, 6.45) is 5.19. The number of anilines is 1. The molecule has 9 heteroatoms. The molecule has 204 valence electrons. The highest BCUT2D eigenvalue weighted by molar-refractivity contribution is 5.97. The molecule has 0 heterocycles. The number of rotatable bonds is 9. The van der Waals surface area contributed by atoms with Crippen LogP contribution in [0.3, 0.4) is 0 Å². The molecule has 1 fully saturated rings. The minimum Gasteiger partial charge on any atom is -0.391 e. The molecular formula is C30H34N4O5. The summed E-state index contributed by atoms with van der Waals surface area (Å²) >= 11 is 0. The third-order valence-electron chi connectivity index (χ3n) is 6.40. The Labute approximate surface area is 228 Å². The van der Waals surface area contributed by atoms with Crippen molar-refractivity contribution in [3.05, 3.63) is 65.2 Å². The van der Waals surface area contributed by atoms with E-state index < -0.39 is 24.0 Å². The maximum atomic E-state index is 12.3. The molecule has 1 saturated carbocycles. The number of amides is 3. The lowest BCUT2D eigenvalue weighted by atomic mass is 9.89. The van der Waals surface area contributed by atoms with E-state index in [0.717, 1.165) is 12.1 Å². The van der Waals surface area contributed by atoms with Gasteiger partial charge in [0.25, 0.3) is 11.8 Å². The van der Waals surface area contributed by atoms with Gasteiger partial charge in [-0.2, -0.15) is 0 Å². The molecule has 0 saturated heterocycles. The smallest absolute Gasteiger partial charge is 0.268 e. The predicted octanol–water partition coefficient (Wildman–Crippen LogP) is 2.18. The zero-order chi connectivity index (χ0) is 28.0. The summed E-state index contributed by atoms with van der Waals surface area (Å²) in [6, 6.07) is 12.2. The Morgan fingerprint density at radius 3 is 2.08 bits per heavy atom. The van der Waals surface area contributed by atoms with Crippen molar-refractivity contribution in [3.63, 3.8) is 0 Å². The molecule has 0 radical (unpaired) electrons. The van der Waals surface area contributed by atoms with Gasteiger partial charge in [-0.05, 0) is 92.6 Å². The van der Waals surface area contributed by atoms with Gasteiger partial charge in [-0.25, -0.2) is 5.48 Å². The topological polar surface area (TPSA) is 140 Å². The molecule has 0 spiro atoms. The van der Waals surface area contributed by atoms with Crippen molar-refractivity contribution in [1.29, 1.82) is 0 Å². The van der Waals surface area contributed by atoms with E-state index in [-0.39, 0.29) is 11.5 Å². The van der Waals surface area contributed by atoms with Crippen LogP contribution in [-0.2, 0) is 9.59 Å². The van der Waals surface area contributed by atoms with Gasteiger partial charge in [-0.15, -0.1) is 0 Å². The van der Waals surface area contributed by atoms with Crippen molar-refractivity contribution in [2.45, 2.75) is 51.2 Å². The number of carbonyl (C=O) groups excluding carboxylic acids is 3. The molecule has 6 N–H and O–H groups in total. The highest BCUT2D eigenvalue weighted by Crippen LogP contribution is 2.22. The second-order valence-electron chi connectivity index (χ2n) is 9.51. The zero-order valence-corrected chi connectivity index (χ0v) is 21.9. The van der Waals surface area contributed by atoms with Crippen molar-refractivity contribution >= 4 is 23.4 Å². The monoisotopic (exact) mass is 530 g/mol. The summed E-state index contributed by atoms with van der Waals surface area (Å²) in [5, 5.41) is 26.9. The maximum Gasteiger partial charge on any atom is 0.268 e. The van der Waals surface area contributed by atoms with Crippen LogP contribution in [0.5, 0.6) is 0 Å². The fourth-order valence-electron chi connectivity index (χ4n) is 4.23. The number of hydrogen-bond donors (Lipinski definition) is 6. The molecule has 2 aromatic rings. The van der Waals surface area contributed by atoms with E-state index in [4.69, 9.17) is 5.21 Å². The van der Waals surface area contributed by atoms with Crippen LogP contribution in [0.1, 0.15) is 60.5 Å². The predicted molar refractivity (Wildman–Crippen MR) is 148 cm³/mol. The first-order chi connectivity index (χ1) is 18.9. The van der Waals surface area contributed by atoms with E-state index in [1.54, 1.807) is 24.3 Å². The Balaban J connectivity index is 1.46. The van der Waals surface area contributed by atoms with Crippen LogP contribution in [0.25, 0.3) is 0 Å². The van der Waals surface area contributed by atoms with E-state index in [2.05, 4.69) is 39.6 Å². The lowest BCUT2D eigenvalue weighted by molar-refractivity contribution is -0.133. The fraction of sp³-hybridized carbons (Fsp3) is 0.367. The van der Waals surface area contributed by atoms with Crippen molar-refractivity contribution in [3.8, 4) is 23.7 Å². The highest BCUT2D eigenvalue weighted by atomic mass is 16.5. The average Bonchev–Trinajstić information content (AvgIpc) is 2.95. The van der Waals surface area contributed by atoms with Crippen molar-refractivity contribution in [2.24, 2.45) is 5.92 Å². The molecule has 0 aliphatic heterocycles. The fourth-order valence-corrected chi connectivity index (χ4v) is 4.23. The van der Waals surface area contributed by atoms with E-state index in [9.17, 15) is 19.5 Å². The number of carbonyl (C=O) groups is 3. The van der Waals surface area contributed by atoms with Gasteiger partial charge in [0, 0.05) is 22.4 Å². The van der Waals surface area contributed by atoms with E-state index in [1.165, 1.54) is 56.6 Å². The molecule has 2 atom stereocenters. The number of aliphatic hydroxyl groups excluding tert-OH is 1. The Kier molecular flexibility index (Phi) is 11.5. The van der Waals surface area contributed by atoms with Crippen molar-refractivity contribution in [1.82, 2.24) is 16.1 Å². The first-order valence-electron chi connectivity index (χ1n) is 13.0. The quantitative estimate of drug-likeness (QED) is 0.167. The molecule has 39 heavy (non-hydrogen) atoms. The number of nitrogens with one attached hydrogen (secondary N) is 4. The van der Waals surface area contributed by atoms with Gasteiger partial charge in [0.1, 0.15) is 6.04 Å². The number of aliphatic hydroxyl groups is 1. The second-order valence-corrected chi connectivity index (χ2v) is 9.51. The summed E-state index contributed by atoms with van der Waals surface area (Å²) < 4.78 is 0. The van der Waals surface area contributed by atoms with Crippen molar-refractivity contribution in [2.75, 3.05) is 18.4 Å². The largest absolute Gasteiger partial charge is 0.391 e. The molecule has 1 aliphatic carbocycles. The first-order valence-corrected chi connectivity index (χ1v) is 13.0. The van der Waals surface area contributed by atoms with Gasteiger partial charge < -0.3 is 21.1 Å². The van der Waals surface area contributed by atoms with E-state index in [1.807, 2.05) is 12.1 Å². The van der Waals surface area contributed by atoms with Gasteiger partial charge in [-0.1, -0.05) is 31.1 Å². The van der Waals surface area contributed by atoms with Gasteiger partial charge in [-0.3, -0.25) is 19.6 Å². The zero-order valence-electron chi connectivity index (χ0n) is 21.9. The summed E-state index contributed by atoms with van der Waals surface area (Å²) in [7, 11) is 0. The molecule has 0 unspecified atom stereocenters. The highest BCUT2D eigenvalue weighted by Gasteiger charge is 2.25. The van der Waals surface area contributed by atoms with Crippen LogP contribution in [0, 0.1) is 29.6 Å². The lowest BCUT2D eigenvalue weighted by Gasteiger charge is -2.21. The van der Waals surface area contributed by atoms with Crippen LogP contribution in [0.15, 0.2) is 48.5 Å². The summed E-state index contributed by atoms with van der Waals surface area (Å²) in [4.78, 5) is 36.1. The van der Waals surface area contributed by atoms with Crippen molar-refractivity contribution < 1.29 is 24.7 Å². The van der Waals surface area contributed by atoms with Gasteiger partial charge in [0.15, 0.2) is 0 Å². The first kappa shape index (κ1) is 29.4. The van der Waals surface area contributed by atoms with Gasteiger partial charge in [0.2, 0.25) is 5.91 Å². The summed E-state index contributed by atoms with van der Waals surface area (Å²) in [6.45, 7) is 2.50. The van der Waals surface area contributed by atoms with Crippen LogP contribution in [-0.4, -0.2) is 53.3 Å². The molecular weight excluding hydrogens is 496 g/mol. The average molecular weight is 531 g/mol. The summed E-state index contributed by atoms with van der Waals surface area (Å²) in [5.74, 6) is 10.5. The van der Waals surface area contributed by atoms with Gasteiger partial charge >= 0.3 is 0 Å². The van der Waals surface area contributed by atoms with Crippen LogP contribution in [0.2, 0.25) is 0 Å². The SMILES string of the molecule is C[C@@H](O)[C@H](NC(=O)c1ccc(C#CC#Cc2ccc(NC(=O)CNCC3CCCCC3)cc2)cc1)C(=O)NO. The number of hydroxylamine groups is 1. The van der Waals surface area contributed by atoms with Crippen LogP contribution in [0.4, 0.5) is 5.69 Å². The van der Waals surface area contributed by atoms with Crippen LogP contribution < -0.4 is 21.4 Å². The van der Waals surface area contributed by atoms with Crippen LogP contribution >= 0.6 is 0 Å². The molecule has 9 nitrogen and oxygen atoms in total.